The van der Waals surface area contributed by atoms with E-state index >= 15 is 0 Å². The molecule has 0 saturated carbocycles. The van der Waals surface area contributed by atoms with Gasteiger partial charge in [-0.15, -0.1) is 0 Å². The van der Waals surface area contributed by atoms with Gasteiger partial charge in [-0.2, -0.15) is 0 Å². The Kier molecular flexibility index (Phi) is 8.24. The fourth-order valence-electron chi connectivity index (χ4n) is 5.29. The second-order valence-corrected chi connectivity index (χ2v) is 10.9. The standard InChI is InChI=1S/C37H36N4/c1-2-3-4-5-6-7-9-27-12-14-28(15-13-27)10-8-11-29-22-36-25-34-19-18-32(39-34)23-30-16-17-31(38-30)24-33-20-21-35(40-33)26-37(29)41-36/h12-26,39-40H,2-7,9-10H2,1H3. The zero-order valence-corrected chi connectivity index (χ0v) is 23.7. The monoisotopic (exact) mass is 536 g/mol. The summed E-state index contributed by atoms with van der Waals surface area (Å²) in [5, 5.41) is 0. The molecule has 0 spiro atoms. The first-order valence-electron chi connectivity index (χ1n) is 14.9. The van der Waals surface area contributed by atoms with E-state index in [4.69, 9.17) is 9.97 Å². The molecule has 0 radical (unpaired) electrons. The molecular weight excluding hydrogens is 500 g/mol. The first-order chi connectivity index (χ1) is 20.2. The van der Waals surface area contributed by atoms with Gasteiger partial charge in [0, 0.05) is 28.5 Å². The Morgan fingerprint density at radius 2 is 1.20 bits per heavy atom. The molecule has 0 atom stereocenters. The third kappa shape index (κ3) is 7.13. The van der Waals surface area contributed by atoms with Crippen LogP contribution >= 0.6 is 0 Å². The molecule has 8 bridgehead atoms. The van der Waals surface area contributed by atoms with Crippen LogP contribution in [0.2, 0.25) is 0 Å². The highest BCUT2D eigenvalue weighted by Gasteiger charge is 2.09. The van der Waals surface area contributed by atoms with Crippen molar-refractivity contribution in [3.05, 3.63) is 107 Å². The molecule has 0 amide bonds. The van der Waals surface area contributed by atoms with Gasteiger partial charge >= 0.3 is 0 Å². The van der Waals surface area contributed by atoms with Crippen molar-refractivity contribution in [2.24, 2.45) is 0 Å². The summed E-state index contributed by atoms with van der Waals surface area (Å²) in [4.78, 5) is 16.6. The highest BCUT2D eigenvalue weighted by molar-refractivity contribution is 5.93. The van der Waals surface area contributed by atoms with Gasteiger partial charge in [-0.25, -0.2) is 9.97 Å². The zero-order valence-electron chi connectivity index (χ0n) is 23.7. The minimum atomic E-state index is 0.715. The summed E-state index contributed by atoms with van der Waals surface area (Å²) in [7, 11) is 0. The van der Waals surface area contributed by atoms with Gasteiger partial charge in [-0.1, -0.05) is 75.1 Å². The third-order valence-corrected chi connectivity index (χ3v) is 7.52. The zero-order chi connectivity index (χ0) is 27.9. The van der Waals surface area contributed by atoms with Crippen LogP contribution < -0.4 is 0 Å². The van der Waals surface area contributed by atoms with E-state index in [0.29, 0.717) is 6.42 Å². The summed E-state index contributed by atoms with van der Waals surface area (Å²) < 4.78 is 0. The first kappa shape index (κ1) is 26.6. The smallest absolute Gasteiger partial charge is 0.0814 e. The van der Waals surface area contributed by atoms with Crippen LogP contribution in [0.4, 0.5) is 0 Å². The van der Waals surface area contributed by atoms with Crippen molar-refractivity contribution >= 4 is 45.9 Å². The normalized spacial score (nSPS) is 12.2. The topological polar surface area (TPSA) is 57.4 Å². The van der Waals surface area contributed by atoms with Crippen LogP contribution in [-0.2, 0) is 12.8 Å². The van der Waals surface area contributed by atoms with E-state index in [1.54, 1.807) is 0 Å². The lowest BCUT2D eigenvalue weighted by atomic mass is 10.0. The number of benzene rings is 1. The fourth-order valence-corrected chi connectivity index (χ4v) is 5.29. The molecule has 0 saturated heterocycles. The highest BCUT2D eigenvalue weighted by atomic mass is 14.8. The number of aromatic amines is 2. The maximum atomic E-state index is 4.92. The number of allylic oxidation sites excluding steroid dienone is 1. The Balaban J connectivity index is 1.23. The van der Waals surface area contributed by atoms with Gasteiger partial charge in [-0.05, 0) is 90.7 Å². The summed E-state index contributed by atoms with van der Waals surface area (Å²) in [6.45, 7) is 2.27. The summed E-state index contributed by atoms with van der Waals surface area (Å²) in [5.74, 6) is 6.81. The number of nitrogens with one attached hydrogen (secondary N) is 2. The van der Waals surface area contributed by atoms with Crippen LogP contribution in [-0.4, -0.2) is 19.9 Å². The Bertz CT molecular complexity index is 1800. The van der Waals surface area contributed by atoms with Crippen molar-refractivity contribution in [3.8, 4) is 11.8 Å². The first-order valence-corrected chi connectivity index (χ1v) is 14.9. The quantitative estimate of drug-likeness (QED) is 0.153. The molecule has 6 rings (SSSR count). The molecule has 3 aromatic heterocycles. The second kappa shape index (κ2) is 12.7. The molecule has 204 valence electrons. The van der Waals surface area contributed by atoms with Gasteiger partial charge in [0.25, 0.3) is 0 Å². The van der Waals surface area contributed by atoms with E-state index in [1.807, 2.05) is 12.2 Å². The molecular formula is C37H36N4. The Morgan fingerprint density at radius 3 is 1.88 bits per heavy atom. The lowest BCUT2D eigenvalue weighted by molar-refractivity contribution is 0.607. The molecule has 4 nitrogen and oxygen atoms in total. The Labute approximate surface area is 242 Å². The largest absolute Gasteiger partial charge is 0.355 e. The molecule has 0 fully saturated rings. The molecule has 2 aliphatic rings. The molecule has 5 heterocycles. The van der Waals surface area contributed by atoms with Gasteiger partial charge in [-0.3, -0.25) is 0 Å². The number of fused-ring (bicyclic) bond motifs is 8. The van der Waals surface area contributed by atoms with E-state index in [-0.39, 0.29) is 0 Å². The van der Waals surface area contributed by atoms with Crippen molar-refractivity contribution in [3.63, 3.8) is 0 Å². The maximum absolute atomic E-state index is 4.92. The van der Waals surface area contributed by atoms with Crippen LogP contribution in [0.1, 0.15) is 79.4 Å². The van der Waals surface area contributed by atoms with E-state index < -0.39 is 0 Å². The van der Waals surface area contributed by atoms with Crippen LogP contribution in [0.5, 0.6) is 0 Å². The number of unbranched alkanes of at least 4 members (excludes halogenated alkanes) is 5. The van der Waals surface area contributed by atoms with E-state index in [1.165, 1.54) is 56.1 Å². The van der Waals surface area contributed by atoms with Crippen molar-refractivity contribution in [2.45, 2.75) is 58.3 Å². The molecule has 4 heteroatoms. The van der Waals surface area contributed by atoms with E-state index in [2.05, 4.69) is 108 Å². The predicted octanol–water partition coefficient (Wildman–Crippen LogP) is 9.17. The van der Waals surface area contributed by atoms with Gasteiger partial charge in [0.2, 0.25) is 0 Å². The van der Waals surface area contributed by atoms with Gasteiger partial charge in [0.15, 0.2) is 0 Å². The van der Waals surface area contributed by atoms with E-state index in [0.717, 1.165) is 50.4 Å². The van der Waals surface area contributed by atoms with E-state index in [9.17, 15) is 0 Å². The number of hydrogen-bond acceptors (Lipinski definition) is 2. The summed E-state index contributed by atoms with van der Waals surface area (Å²) in [6.07, 6.45) is 16.0. The molecule has 4 aromatic rings. The predicted molar refractivity (Wildman–Crippen MR) is 173 cm³/mol. The SMILES string of the molecule is CCCCCCCCc1ccc(CC#CC2=Cc3cc4ccc(cc5nc(cc6ccc(cc2n3)[nH]6)C=C5)[nH]4)cc1. The molecule has 0 unspecified atom stereocenters. The Morgan fingerprint density at radius 1 is 0.610 bits per heavy atom. The summed E-state index contributed by atoms with van der Waals surface area (Å²) in [6, 6.07) is 25.5. The van der Waals surface area contributed by atoms with Crippen LogP contribution in [0, 0.1) is 11.8 Å². The number of rotatable bonds is 8. The van der Waals surface area contributed by atoms with Crippen molar-refractivity contribution < 1.29 is 0 Å². The number of nitrogens with zero attached hydrogens (tertiary/aromatic N) is 2. The number of H-pyrrole nitrogens is 2. The highest BCUT2D eigenvalue weighted by Crippen LogP contribution is 2.23. The summed E-state index contributed by atoms with van der Waals surface area (Å²) >= 11 is 0. The average molecular weight is 537 g/mol. The van der Waals surface area contributed by atoms with Crippen molar-refractivity contribution in [2.75, 3.05) is 0 Å². The van der Waals surface area contributed by atoms with Gasteiger partial charge < -0.3 is 9.97 Å². The number of hydrogen-bond donors (Lipinski definition) is 2. The van der Waals surface area contributed by atoms with Crippen LogP contribution in [0.25, 0.3) is 45.9 Å². The molecule has 1 aromatic carbocycles. The lowest BCUT2D eigenvalue weighted by Crippen LogP contribution is -1.88. The number of aromatic nitrogens is 4. The summed E-state index contributed by atoms with van der Waals surface area (Å²) in [5.41, 5.74) is 11.2. The molecule has 0 aliphatic carbocycles. The van der Waals surface area contributed by atoms with Gasteiger partial charge in [0.1, 0.15) is 0 Å². The third-order valence-electron chi connectivity index (χ3n) is 7.52. The molecule has 2 N–H and O–H groups in total. The minimum absolute atomic E-state index is 0.715. The molecule has 41 heavy (non-hydrogen) atoms. The number of aryl methyl sites for hydroxylation is 1. The minimum Gasteiger partial charge on any atom is -0.355 e. The molecule has 2 aliphatic heterocycles. The lowest BCUT2D eigenvalue weighted by Gasteiger charge is -2.03. The van der Waals surface area contributed by atoms with Crippen molar-refractivity contribution in [1.82, 2.24) is 19.9 Å². The average Bonchev–Trinajstić information content (AvgIpc) is 3.78. The second-order valence-electron chi connectivity index (χ2n) is 10.9. The van der Waals surface area contributed by atoms with Crippen molar-refractivity contribution in [1.29, 1.82) is 0 Å². The van der Waals surface area contributed by atoms with Gasteiger partial charge in [0.05, 0.1) is 28.3 Å². The maximum Gasteiger partial charge on any atom is 0.0814 e. The van der Waals surface area contributed by atoms with Crippen LogP contribution in [0.3, 0.4) is 0 Å². The Hall–Kier alpha value is -4.62. The van der Waals surface area contributed by atoms with Crippen LogP contribution in [0.15, 0.2) is 72.8 Å². The fraction of sp³-hybridized carbons (Fsp3) is 0.243.